The van der Waals surface area contributed by atoms with Crippen molar-refractivity contribution in [1.29, 1.82) is 0 Å². The summed E-state index contributed by atoms with van der Waals surface area (Å²) >= 11 is 4.16. The second-order valence-corrected chi connectivity index (χ2v) is 4.95. The predicted molar refractivity (Wildman–Crippen MR) is 81.9 cm³/mol. The molecule has 2 nitrogen and oxygen atoms in total. The first kappa shape index (κ1) is 15.4. The first-order chi connectivity index (χ1) is 8.84. The highest BCUT2D eigenvalue weighted by molar-refractivity contribution is 7.80. The van der Waals surface area contributed by atoms with Crippen molar-refractivity contribution in [2.75, 3.05) is 25.4 Å². The van der Waals surface area contributed by atoms with Crippen LogP contribution in [-0.4, -0.2) is 25.4 Å². The largest absolute Gasteiger partial charge is 0.493 e. The summed E-state index contributed by atoms with van der Waals surface area (Å²) in [6.07, 6.45) is 4.91. The third-order valence-electron chi connectivity index (χ3n) is 2.89. The van der Waals surface area contributed by atoms with Crippen LogP contribution in [0.4, 0.5) is 0 Å². The third kappa shape index (κ3) is 6.92. The monoisotopic (exact) mass is 267 g/mol. The Morgan fingerprint density at radius 3 is 2.61 bits per heavy atom. The molecule has 0 aliphatic rings. The van der Waals surface area contributed by atoms with Crippen molar-refractivity contribution in [2.24, 2.45) is 0 Å². The Kier molecular flexibility index (Phi) is 8.78. The number of thiol groups is 1. The number of hydrogen-bond acceptors (Lipinski definition) is 3. The lowest BCUT2D eigenvalue weighted by molar-refractivity contribution is 0.302. The Labute approximate surface area is 117 Å². The van der Waals surface area contributed by atoms with Crippen molar-refractivity contribution in [1.82, 2.24) is 5.32 Å². The summed E-state index contributed by atoms with van der Waals surface area (Å²) in [5.41, 5.74) is 1.22. The molecule has 3 heteroatoms. The quantitative estimate of drug-likeness (QED) is 0.500. The second-order valence-electron chi connectivity index (χ2n) is 4.50. The first-order valence-electron chi connectivity index (χ1n) is 6.84. The summed E-state index contributed by atoms with van der Waals surface area (Å²) in [4.78, 5) is 0. The summed E-state index contributed by atoms with van der Waals surface area (Å²) in [6, 6.07) is 8.19. The van der Waals surface area contributed by atoms with E-state index in [4.69, 9.17) is 4.74 Å². The molecule has 0 saturated heterocycles. The maximum Gasteiger partial charge on any atom is 0.122 e. The van der Waals surface area contributed by atoms with Gasteiger partial charge in [0.2, 0.25) is 0 Å². The van der Waals surface area contributed by atoms with Crippen molar-refractivity contribution in [3.63, 3.8) is 0 Å². The number of ether oxygens (including phenoxy) is 1. The lowest BCUT2D eigenvalue weighted by Crippen LogP contribution is -2.17. The summed E-state index contributed by atoms with van der Waals surface area (Å²) in [5, 5.41) is 3.35. The molecule has 0 aliphatic heterocycles. The zero-order valence-electron chi connectivity index (χ0n) is 11.3. The Balaban J connectivity index is 1.94. The number of hydrogen-bond donors (Lipinski definition) is 2. The predicted octanol–water partition coefficient (Wildman–Crippen LogP) is 3.45. The Bertz CT molecular complexity index is 317. The van der Waals surface area contributed by atoms with Crippen LogP contribution in [0.2, 0.25) is 0 Å². The van der Waals surface area contributed by atoms with E-state index in [0.717, 1.165) is 37.6 Å². The fraction of sp³-hybridized carbons (Fsp3) is 0.600. The molecule has 0 fully saturated rings. The third-order valence-corrected chi connectivity index (χ3v) is 3.11. The molecule has 0 amide bonds. The molecule has 1 aromatic carbocycles. The van der Waals surface area contributed by atoms with E-state index in [-0.39, 0.29) is 0 Å². The SMILES string of the molecule is Cc1ccccc1OCCCCCCNCCS. The zero-order valence-corrected chi connectivity index (χ0v) is 12.2. The molecular weight excluding hydrogens is 242 g/mol. The molecule has 0 heterocycles. The van der Waals surface area contributed by atoms with E-state index in [1.807, 2.05) is 18.2 Å². The van der Waals surface area contributed by atoms with Crippen molar-refractivity contribution in [3.05, 3.63) is 29.8 Å². The fourth-order valence-electron chi connectivity index (χ4n) is 1.81. The minimum atomic E-state index is 0.828. The van der Waals surface area contributed by atoms with Crippen LogP contribution >= 0.6 is 12.6 Å². The number of aryl methyl sites for hydroxylation is 1. The highest BCUT2D eigenvalue weighted by Crippen LogP contribution is 2.16. The second kappa shape index (κ2) is 10.3. The van der Waals surface area contributed by atoms with E-state index in [1.165, 1.54) is 24.8 Å². The highest BCUT2D eigenvalue weighted by Gasteiger charge is 1.97. The van der Waals surface area contributed by atoms with Crippen LogP contribution < -0.4 is 10.1 Å². The van der Waals surface area contributed by atoms with E-state index >= 15 is 0 Å². The number of nitrogens with one attached hydrogen (secondary N) is 1. The van der Waals surface area contributed by atoms with Crippen LogP contribution in [0, 0.1) is 6.92 Å². The molecule has 0 radical (unpaired) electrons. The van der Waals surface area contributed by atoms with Gasteiger partial charge in [0.25, 0.3) is 0 Å². The molecule has 0 aliphatic carbocycles. The van der Waals surface area contributed by atoms with E-state index in [0.29, 0.717) is 0 Å². The molecule has 0 saturated carbocycles. The Morgan fingerprint density at radius 1 is 1.06 bits per heavy atom. The summed E-state index contributed by atoms with van der Waals surface area (Å²) in [5.74, 6) is 1.94. The van der Waals surface area contributed by atoms with Gasteiger partial charge in [-0.05, 0) is 37.9 Å². The molecule has 0 bridgehead atoms. The van der Waals surface area contributed by atoms with E-state index in [2.05, 4.69) is 30.9 Å². The van der Waals surface area contributed by atoms with Crippen LogP contribution in [0.5, 0.6) is 5.75 Å². The van der Waals surface area contributed by atoms with E-state index < -0.39 is 0 Å². The zero-order chi connectivity index (χ0) is 13.1. The lowest BCUT2D eigenvalue weighted by Gasteiger charge is -2.08. The maximum atomic E-state index is 5.76. The average molecular weight is 267 g/mol. The smallest absolute Gasteiger partial charge is 0.122 e. The number of para-hydroxylation sites is 1. The Morgan fingerprint density at radius 2 is 1.83 bits per heavy atom. The highest BCUT2D eigenvalue weighted by atomic mass is 32.1. The molecule has 0 aromatic heterocycles. The van der Waals surface area contributed by atoms with Crippen LogP contribution in [0.1, 0.15) is 31.2 Å². The van der Waals surface area contributed by atoms with Gasteiger partial charge in [0.05, 0.1) is 6.61 Å². The normalized spacial score (nSPS) is 10.6. The maximum absolute atomic E-state index is 5.76. The lowest BCUT2D eigenvalue weighted by atomic mass is 10.2. The molecule has 0 unspecified atom stereocenters. The van der Waals surface area contributed by atoms with Gasteiger partial charge >= 0.3 is 0 Å². The number of unbranched alkanes of at least 4 members (excludes halogenated alkanes) is 3. The summed E-state index contributed by atoms with van der Waals surface area (Å²) in [6.45, 7) is 5.04. The van der Waals surface area contributed by atoms with Gasteiger partial charge in [-0.1, -0.05) is 31.0 Å². The molecule has 1 N–H and O–H groups in total. The molecule has 102 valence electrons. The van der Waals surface area contributed by atoms with Crippen molar-refractivity contribution in [3.8, 4) is 5.75 Å². The van der Waals surface area contributed by atoms with E-state index in [1.54, 1.807) is 0 Å². The number of benzene rings is 1. The molecule has 1 aromatic rings. The summed E-state index contributed by atoms with van der Waals surface area (Å²) < 4.78 is 5.76. The van der Waals surface area contributed by atoms with Gasteiger partial charge in [-0.3, -0.25) is 0 Å². The minimum absolute atomic E-state index is 0.828. The molecule has 1 rings (SSSR count). The van der Waals surface area contributed by atoms with Crippen molar-refractivity contribution >= 4 is 12.6 Å². The van der Waals surface area contributed by atoms with Crippen LogP contribution in [-0.2, 0) is 0 Å². The molecular formula is C15H25NOS. The molecule has 0 spiro atoms. The van der Waals surface area contributed by atoms with Gasteiger partial charge < -0.3 is 10.1 Å². The van der Waals surface area contributed by atoms with Crippen molar-refractivity contribution in [2.45, 2.75) is 32.6 Å². The molecule has 0 atom stereocenters. The Hall–Kier alpha value is -0.670. The van der Waals surface area contributed by atoms with E-state index in [9.17, 15) is 0 Å². The topological polar surface area (TPSA) is 21.3 Å². The van der Waals surface area contributed by atoms with Gasteiger partial charge in [-0.2, -0.15) is 12.6 Å². The fourth-order valence-corrected chi connectivity index (χ4v) is 1.97. The summed E-state index contributed by atoms with van der Waals surface area (Å²) in [7, 11) is 0. The van der Waals surface area contributed by atoms with Gasteiger partial charge in [0.15, 0.2) is 0 Å². The van der Waals surface area contributed by atoms with Crippen LogP contribution in [0.3, 0.4) is 0 Å². The molecule has 18 heavy (non-hydrogen) atoms. The number of rotatable bonds is 10. The first-order valence-corrected chi connectivity index (χ1v) is 7.48. The van der Waals surface area contributed by atoms with Gasteiger partial charge in [0.1, 0.15) is 5.75 Å². The standard InChI is InChI=1S/C15H25NOS/c1-14-8-4-5-9-15(14)17-12-7-3-2-6-10-16-11-13-18/h4-5,8-9,16,18H,2-3,6-7,10-13H2,1H3. The average Bonchev–Trinajstić information content (AvgIpc) is 2.39. The van der Waals surface area contributed by atoms with Crippen LogP contribution in [0.15, 0.2) is 24.3 Å². The van der Waals surface area contributed by atoms with Gasteiger partial charge in [0, 0.05) is 12.3 Å². The van der Waals surface area contributed by atoms with Crippen molar-refractivity contribution < 1.29 is 4.74 Å². The van der Waals surface area contributed by atoms with Gasteiger partial charge in [-0.25, -0.2) is 0 Å². The van der Waals surface area contributed by atoms with Crippen LogP contribution in [0.25, 0.3) is 0 Å². The van der Waals surface area contributed by atoms with Gasteiger partial charge in [-0.15, -0.1) is 0 Å². The minimum Gasteiger partial charge on any atom is -0.493 e.